The molecule has 0 N–H and O–H groups in total. The molecule has 2 rings (SSSR count). The van der Waals surface area contributed by atoms with Crippen molar-refractivity contribution >= 4 is 23.1 Å². The summed E-state index contributed by atoms with van der Waals surface area (Å²) in [6.07, 6.45) is 0.203. The first kappa shape index (κ1) is 13.3. The van der Waals surface area contributed by atoms with Gasteiger partial charge in [-0.25, -0.2) is 5.01 Å². The van der Waals surface area contributed by atoms with Crippen LogP contribution in [0.2, 0.25) is 0 Å². The topological polar surface area (TPSA) is 59.0 Å². The van der Waals surface area contributed by atoms with Crippen molar-refractivity contribution in [2.45, 2.75) is 20.3 Å². The summed E-state index contributed by atoms with van der Waals surface area (Å²) in [6.45, 7) is 3.25. The van der Waals surface area contributed by atoms with E-state index in [2.05, 4.69) is 5.10 Å². The fourth-order valence-electron chi connectivity index (χ4n) is 2.05. The van der Waals surface area contributed by atoms with Gasteiger partial charge in [0.2, 0.25) is 0 Å². The third kappa shape index (κ3) is 2.65. The summed E-state index contributed by atoms with van der Waals surface area (Å²) < 4.78 is 5.13. The lowest BCUT2D eigenvalue weighted by Gasteiger charge is -2.14. The number of Topliss-reactive ketones (excluding diaryl/α,β-unsaturated/α-hetero) is 1. The van der Waals surface area contributed by atoms with Crippen molar-refractivity contribution in [1.29, 1.82) is 0 Å². The predicted octanol–water partition coefficient (Wildman–Crippen LogP) is 2.01. The van der Waals surface area contributed by atoms with E-state index in [9.17, 15) is 9.59 Å². The Labute approximate surface area is 111 Å². The van der Waals surface area contributed by atoms with Crippen LogP contribution in [0.1, 0.15) is 20.3 Å². The minimum absolute atomic E-state index is 0.0135. The summed E-state index contributed by atoms with van der Waals surface area (Å²) >= 11 is 0. The lowest BCUT2D eigenvalue weighted by atomic mass is 9.98. The normalized spacial score (nSPS) is 18.5. The van der Waals surface area contributed by atoms with E-state index in [1.165, 1.54) is 11.9 Å². The number of carbonyl (C=O) groups is 2. The molecule has 0 saturated heterocycles. The van der Waals surface area contributed by atoms with Gasteiger partial charge < -0.3 is 4.74 Å². The number of carbonyl (C=O) groups excluding carboxylic acids is 2. The van der Waals surface area contributed by atoms with Gasteiger partial charge in [0, 0.05) is 18.2 Å². The molecule has 1 heterocycles. The van der Waals surface area contributed by atoms with Crippen molar-refractivity contribution in [3.05, 3.63) is 24.3 Å². The maximum absolute atomic E-state index is 12.3. The van der Waals surface area contributed by atoms with Gasteiger partial charge in [0.1, 0.15) is 11.5 Å². The highest BCUT2D eigenvalue weighted by Gasteiger charge is 2.35. The van der Waals surface area contributed by atoms with Gasteiger partial charge in [0.05, 0.1) is 18.7 Å². The molecule has 0 bridgehead atoms. The van der Waals surface area contributed by atoms with Gasteiger partial charge in [-0.05, 0) is 26.0 Å². The number of hydrogen-bond acceptors (Lipinski definition) is 4. The SMILES string of the molecule is COc1cccc(N2N=C(C)C(CC(C)=O)C2=O)c1. The lowest BCUT2D eigenvalue weighted by molar-refractivity contribution is -0.124. The molecule has 100 valence electrons. The average Bonchev–Trinajstić information content (AvgIpc) is 2.66. The van der Waals surface area contributed by atoms with Crippen LogP contribution in [-0.2, 0) is 9.59 Å². The van der Waals surface area contributed by atoms with Crippen LogP contribution in [0.4, 0.5) is 5.69 Å². The van der Waals surface area contributed by atoms with Crippen LogP contribution in [0.15, 0.2) is 29.4 Å². The van der Waals surface area contributed by atoms with E-state index in [1.54, 1.807) is 38.3 Å². The molecule has 1 unspecified atom stereocenters. The summed E-state index contributed by atoms with van der Waals surface area (Å²) in [6, 6.07) is 7.12. The van der Waals surface area contributed by atoms with E-state index in [0.29, 0.717) is 17.1 Å². The van der Waals surface area contributed by atoms with Crippen LogP contribution in [0, 0.1) is 5.92 Å². The lowest BCUT2D eigenvalue weighted by Crippen LogP contribution is -2.28. The molecular formula is C14H16N2O3. The first-order valence-corrected chi connectivity index (χ1v) is 6.05. The number of amides is 1. The zero-order chi connectivity index (χ0) is 14.0. The van der Waals surface area contributed by atoms with Gasteiger partial charge in [0.25, 0.3) is 5.91 Å². The highest BCUT2D eigenvalue weighted by Crippen LogP contribution is 2.28. The minimum Gasteiger partial charge on any atom is -0.497 e. The molecule has 5 heteroatoms. The van der Waals surface area contributed by atoms with Crippen molar-refractivity contribution in [1.82, 2.24) is 0 Å². The summed E-state index contributed by atoms with van der Waals surface area (Å²) in [5.41, 5.74) is 1.32. The molecule has 0 aliphatic carbocycles. The van der Waals surface area contributed by atoms with Gasteiger partial charge in [-0.3, -0.25) is 9.59 Å². The molecule has 0 saturated carbocycles. The van der Waals surface area contributed by atoms with E-state index >= 15 is 0 Å². The van der Waals surface area contributed by atoms with Gasteiger partial charge in [-0.2, -0.15) is 5.10 Å². The highest BCUT2D eigenvalue weighted by molar-refractivity contribution is 6.16. The van der Waals surface area contributed by atoms with Crippen molar-refractivity contribution in [2.75, 3.05) is 12.1 Å². The molecular weight excluding hydrogens is 244 g/mol. The van der Waals surface area contributed by atoms with E-state index in [4.69, 9.17) is 4.74 Å². The minimum atomic E-state index is -0.441. The zero-order valence-electron chi connectivity index (χ0n) is 11.2. The van der Waals surface area contributed by atoms with Crippen LogP contribution >= 0.6 is 0 Å². The first-order chi connectivity index (χ1) is 9.02. The van der Waals surface area contributed by atoms with E-state index in [0.717, 1.165) is 0 Å². The van der Waals surface area contributed by atoms with Gasteiger partial charge in [0.15, 0.2) is 0 Å². The number of methoxy groups -OCH3 is 1. The number of benzene rings is 1. The second-order valence-electron chi connectivity index (χ2n) is 4.55. The fraction of sp³-hybridized carbons (Fsp3) is 0.357. The van der Waals surface area contributed by atoms with E-state index < -0.39 is 5.92 Å². The Morgan fingerprint density at radius 2 is 2.21 bits per heavy atom. The number of hydrogen-bond donors (Lipinski definition) is 0. The monoisotopic (exact) mass is 260 g/mol. The molecule has 0 fully saturated rings. The molecule has 1 aliphatic rings. The van der Waals surface area contributed by atoms with Crippen molar-refractivity contribution in [3.63, 3.8) is 0 Å². The van der Waals surface area contributed by atoms with Crippen molar-refractivity contribution < 1.29 is 14.3 Å². The van der Waals surface area contributed by atoms with Gasteiger partial charge >= 0.3 is 0 Å². The molecule has 1 aromatic rings. The fourth-order valence-corrected chi connectivity index (χ4v) is 2.05. The van der Waals surface area contributed by atoms with Crippen molar-refractivity contribution in [3.8, 4) is 5.75 Å². The second-order valence-corrected chi connectivity index (χ2v) is 4.55. The molecule has 0 radical (unpaired) electrons. The van der Waals surface area contributed by atoms with Crippen LogP contribution in [-0.4, -0.2) is 24.5 Å². The predicted molar refractivity (Wildman–Crippen MR) is 72.4 cm³/mol. The van der Waals surface area contributed by atoms with Crippen LogP contribution in [0.5, 0.6) is 5.75 Å². The van der Waals surface area contributed by atoms with Gasteiger partial charge in [-0.15, -0.1) is 0 Å². The third-order valence-electron chi connectivity index (χ3n) is 3.06. The molecule has 1 aliphatic heterocycles. The van der Waals surface area contributed by atoms with E-state index in [-0.39, 0.29) is 18.1 Å². The van der Waals surface area contributed by atoms with Gasteiger partial charge in [-0.1, -0.05) is 6.07 Å². The Kier molecular flexibility index (Phi) is 3.64. The number of nitrogens with zero attached hydrogens (tertiary/aromatic N) is 2. The van der Waals surface area contributed by atoms with Crippen LogP contribution in [0.25, 0.3) is 0 Å². The molecule has 0 spiro atoms. The maximum atomic E-state index is 12.3. The van der Waals surface area contributed by atoms with Crippen LogP contribution < -0.4 is 9.75 Å². The number of hydrazone groups is 1. The average molecular weight is 260 g/mol. The van der Waals surface area contributed by atoms with Crippen molar-refractivity contribution in [2.24, 2.45) is 11.0 Å². The largest absolute Gasteiger partial charge is 0.497 e. The molecule has 1 aromatic carbocycles. The Balaban J connectivity index is 2.27. The molecule has 19 heavy (non-hydrogen) atoms. The smallest absolute Gasteiger partial charge is 0.256 e. The molecule has 5 nitrogen and oxygen atoms in total. The summed E-state index contributed by atoms with van der Waals surface area (Å²) in [4.78, 5) is 23.5. The summed E-state index contributed by atoms with van der Waals surface area (Å²) in [5.74, 6) is 0.0400. The standard InChI is InChI=1S/C14H16N2O3/c1-9(17)7-13-10(2)15-16(14(13)18)11-5-4-6-12(8-11)19-3/h4-6,8,13H,7H2,1-3H3. The molecule has 1 atom stereocenters. The third-order valence-corrected chi connectivity index (χ3v) is 3.06. The number of ketones is 1. The summed E-state index contributed by atoms with van der Waals surface area (Å²) in [7, 11) is 1.57. The summed E-state index contributed by atoms with van der Waals surface area (Å²) in [5, 5.41) is 5.58. The first-order valence-electron chi connectivity index (χ1n) is 6.05. The zero-order valence-corrected chi connectivity index (χ0v) is 11.2. The highest BCUT2D eigenvalue weighted by atomic mass is 16.5. The number of ether oxygens (including phenoxy) is 1. The van der Waals surface area contributed by atoms with E-state index in [1.807, 2.05) is 0 Å². The quantitative estimate of drug-likeness (QED) is 0.832. The number of rotatable bonds is 4. The maximum Gasteiger partial charge on any atom is 0.256 e. The Morgan fingerprint density at radius 1 is 1.47 bits per heavy atom. The Bertz CT molecular complexity index is 551. The molecule has 0 aromatic heterocycles. The number of anilines is 1. The second kappa shape index (κ2) is 5.22. The Hall–Kier alpha value is -2.17. The molecule has 1 amide bonds. The van der Waals surface area contributed by atoms with Crippen LogP contribution in [0.3, 0.4) is 0 Å². The Morgan fingerprint density at radius 3 is 2.84 bits per heavy atom.